The lowest BCUT2D eigenvalue weighted by Crippen LogP contribution is -2.36. The SMILES string of the molecule is C#CCSCCNC(=O)C1(c2ccc(N)cc2)CC1. The number of hydrogen-bond donors (Lipinski definition) is 2. The summed E-state index contributed by atoms with van der Waals surface area (Å²) in [6, 6.07) is 7.61. The van der Waals surface area contributed by atoms with Crippen molar-refractivity contribution in [3.05, 3.63) is 29.8 Å². The minimum absolute atomic E-state index is 0.124. The summed E-state index contributed by atoms with van der Waals surface area (Å²) in [4.78, 5) is 12.3. The monoisotopic (exact) mass is 274 g/mol. The number of nitrogens with one attached hydrogen (secondary N) is 1. The van der Waals surface area contributed by atoms with Gasteiger partial charge in [-0.05, 0) is 30.5 Å². The van der Waals surface area contributed by atoms with Crippen LogP contribution in [0.4, 0.5) is 5.69 Å². The number of carbonyl (C=O) groups excluding carboxylic acids is 1. The third kappa shape index (κ3) is 3.24. The molecule has 0 heterocycles. The van der Waals surface area contributed by atoms with Crippen LogP contribution >= 0.6 is 11.8 Å². The number of nitrogens with two attached hydrogens (primary N) is 1. The number of rotatable bonds is 6. The highest BCUT2D eigenvalue weighted by Gasteiger charge is 2.50. The van der Waals surface area contributed by atoms with E-state index in [4.69, 9.17) is 12.2 Å². The van der Waals surface area contributed by atoms with Crippen molar-refractivity contribution in [1.82, 2.24) is 5.32 Å². The summed E-state index contributed by atoms with van der Waals surface area (Å²) in [6.07, 6.45) is 7.00. The summed E-state index contributed by atoms with van der Waals surface area (Å²) in [6.45, 7) is 0.669. The summed E-state index contributed by atoms with van der Waals surface area (Å²) >= 11 is 1.66. The summed E-state index contributed by atoms with van der Waals surface area (Å²) in [5.41, 5.74) is 7.15. The number of hydrogen-bond acceptors (Lipinski definition) is 3. The minimum Gasteiger partial charge on any atom is -0.399 e. The number of amides is 1. The fourth-order valence-corrected chi connectivity index (χ4v) is 2.62. The van der Waals surface area contributed by atoms with Gasteiger partial charge < -0.3 is 11.1 Å². The predicted octanol–water partition coefficient (Wildman–Crippen LogP) is 1.78. The van der Waals surface area contributed by atoms with Crippen molar-refractivity contribution in [2.75, 3.05) is 23.8 Å². The molecule has 1 aliphatic carbocycles. The maximum atomic E-state index is 12.3. The summed E-state index contributed by atoms with van der Waals surface area (Å²) in [5, 5.41) is 3.00. The van der Waals surface area contributed by atoms with Gasteiger partial charge in [0, 0.05) is 18.0 Å². The zero-order chi connectivity index (χ0) is 13.7. The maximum Gasteiger partial charge on any atom is 0.230 e. The first-order valence-electron chi connectivity index (χ1n) is 6.34. The number of benzene rings is 1. The van der Waals surface area contributed by atoms with Crippen LogP contribution in [-0.2, 0) is 10.2 Å². The van der Waals surface area contributed by atoms with Crippen LogP contribution in [0.3, 0.4) is 0 Å². The molecule has 3 N–H and O–H groups in total. The smallest absolute Gasteiger partial charge is 0.230 e. The second-order valence-corrected chi connectivity index (χ2v) is 5.82. The third-order valence-electron chi connectivity index (χ3n) is 3.37. The van der Waals surface area contributed by atoms with E-state index < -0.39 is 0 Å². The first kappa shape index (κ1) is 13.8. The van der Waals surface area contributed by atoms with Gasteiger partial charge in [-0.2, -0.15) is 0 Å². The molecule has 100 valence electrons. The van der Waals surface area contributed by atoms with Gasteiger partial charge >= 0.3 is 0 Å². The topological polar surface area (TPSA) is 55.1 Å². The summed E-state index contributed by atoms with van der Waals surface area (Å²) < 4.78 is 0. The molecule has 1 aromatic carbocycles. The Balaban J connectivity index is 1.88. The second kappa shape index (κ2) is 6.03. The molecule has 0 bridgehead atoms. The zero-order valence-corrected chi connectivity index (χ0v) is 11.6. The Kier molecular flexibility index (Phi) is 4.39. The van der Waals surface area contributed by atoms with Gasteiger partial charge in [-0.1, -0.05) is 18.1 Å². The van der Waals surface area contributed by atoms with Crippen LogP contribution in [0.15, 0.2) is 24.3 Å². The van der Waals surface area contributed by atoms with Crippen molar-refractivity contribution < 1.29 is 4.79 Å². The van der Waals surface area contributed by atoms with Crippen molar-refractivity contribution in [2.24, 2.45) is 0 Å². The molecule has 0 unspecified atom stereocenters. The van der Waals surface area contributed by atoms with Crippen LogP contribution < -0.4 is 11.1 Å². The molecular weight excluding hydrogens is 256 g/mol. The highest BCUT2D eigenvalue weighted by Crippen LogP contribution is 2.48. The number of nitrogen functional groups attached to an aromatic ring is 1. The van der Waals surface area contributed by atoms with Crippen molar-refractivity contribution in [1.29, 1.82) is 0 Å². The molecule has 1 aliphatic rings. The van der Waals surface area contributed by atoms with E-state index in [1.807, 2.05) is 24.3 Å². The molecule has 1 amide bonds. The zero-order valence-electron chi connectivity index (χ0n) is 10.8. The molecule has 0 saturated heterocycles. The third-order valence-corrected chi connectivity index (χ3v) is 4.23. The quantitative estimate of drug-likeness (QED) is 0.472. The van der Waals surface area contributed by atoms with Gasteiger partial charge in [0.2, 0.25) is 5.91 Å². The van der Waals surface area contributed by atoms with Crippen molar-refractivity contribution >= 4 is 23.4 Å². The Morgan fingerprint density at radius 2 is 2.11 bits per heavy atom. The van der Waals surface area contributed by atoms with E-state index in [0.717, 1.165) is 29.8 Å². The van der Waals surface area contributed by atoms with Crippen molar-refractivity contribution in [3.8, 4) is 12.3 Å². The number of anilines is 1. The molecule has 1 aromatic rings. The van der Waals surface area contributed by atoms with Gasteiger partial charge in [-0.15, -0.1) is 18.2 Å². The Bertz CT molecular complexity index is 486. The average Bonchev–Trinajstić information content (AvgIpc) is 3.21. The molecule has 1 fully saturated rings. The number of carbonyl (C=O) groups is 1. The fourth-order valence-electron chi connectivity index (χ4n) is 2.11. The fraction of sp³-hybridized carbons (Fsp3) is 0.400. The largest absolute Gasteiger partial charge is 0.399 e. The van der Waals surface area contributed by atoms with E-state index >= 15 is 0 Å². The molecule has 0 radical (unpaired) electrons. The lowest BCUT2D eigenvalue weighted by Gasteiger charge is -2.15. The summed E-state index contributed by atoms with van der Waals surface area (Å²) in [7, 11) is 0. The second-order valence-electron chi connectivity index (χ2n) is 4.72. The van der Waals surface area contributed by atoms with Crippen LogP contribution in [0.2, 0.25) is 0 Å². The minimum atomic E-state index is -0.315. The van der Waals surface area contributed by atoms with Gasteiger partial charge in [0.25, 0.3) is 0 Å². The van der Waals surface area contributed by atoms with Crippen LogP contribution in [0.5, 0.6) is 0 Å². The molecule has 19 heavy (non-hydrogen) atoms. The Morgan fingerprint density at radius 3 is 2.68 bits per heavy atom. The first-order valence-corrected chi connectivity index (χ1v) is 7.50. The molecule has 0 atom stereocenters. The maximum absolute atomic E-state index is 12.3. The van der Waals surface area contributed by atoms with Crippen LogP contribution in [0, 0.1) is 12.3 Å². The Hall–Kier alpha value is -1.60. The molecular formula is C15H18N2OS. The molecule has 3 nitrogen and oxygen atoms in total. The van der Waals surface area contributed by atoms with E-state index in [1.165, 1.54) is 0 Å². The van der Waals surface area contributed by atoms with E-state index in [0.29, 0.717) is 12.3 Å². The molecule has 2 rings (SSSR count). The molecule has 0 aliphatic heterocycles. The molecule has 0 spiro atoms. The molecule has 0 aromatic heterocycles. The highest BCUT2D eigenvalue weighted by atomic mass is 32.2. The van der Waals surface area contributed by atoms with Gasteiger partial charge in [-0.3, -0.25) is 4.79 Å². The van der Waals surface area contributed by atoms with Gasteiger partial charge in [-0.25, -0.2) is 0 Å². The van der Waals surface area contributed by atoms with Crippen LogP contribution in [0.25, 0.3) is 0 Å². The van der Waals surface area contributed by atoms with Gasteiger partial charge in [0.05, 0.1) is 11.2 Å². The summed E-state index contributed by atoms with van der Waals surface area (Å²) in [5.74, 6) is 4.24. The predicted molar refractivity (Wildman–Crippen MR) is 80.9 cm³/mol. The van der Waals surface area contributed by atoms with Gasteiger partial charge in [0.1, 0.15) is 0 Å². The van der Waals surface area contributed by atoms with E-state index in [2.05, 4.69) is 11.2 Å². The Labute approximate surface area is 118 Å². The highest BCUT2D eigenvalue weighted by molar-refractivity contribution is 7.99. The van der Waals surface area contributed by atoms with E-state index in [9.17, 15) is 4.79 Å². The number of thioether (sulfide) groups is 1. The van der Waals surface area contributed by atoms with Gasteiger partial charge in [0.15, 0.2) is 0 Å². The standard InChI is InChI=1S/C15H18N2OS/c1-2-10-19-11-9-17-14(18)15(7-8-15)12-3-5-13(16)6-4-12/h1,3-6H,7-11,16H2,(H,17,18). The van der Waals surface area contributed by atoms with Crippen LogP contribution in [0.1, 0.15) is 18.4 Å². The van der Waals surface area contributed by atoms with Crippen molar-refractivity contribution in [3.63, 3.8) is 0 Å². The lowest BCUT2D eigenvalue weighted by atomic mass is 9.95. The van der Waals surface area contributed by atoms with E-state index in [1.54, 1.807) is 11.8 Å². The average molecular weight is 274 g/mol. The lowest BCUT2D eigenvalue weighted by molar-refractivity contribution is -0.123. The van der Waals surface area contributed by atoms with Crippen molar-refractivity contribution in [2.45, 2.75) is 18.3 Å². The first-order chi connectivity index (χ1) is 9.19. The Morgan fingerprint density at radius 1 is 1.42 bits per heavy atom. The van der Waals surface area contributed by atoms with Crippen LogP contribution in [-0.4, -0.2) is 24.0 Å². The molecule has 1 saturated carbocycles. The van der Waals surface area contributed by atoms with E-state index in [-0.39, 0.29) is 11.3 Å². The number of terminal acetylenes is 1. The normalized spacial score (nSPS) is 15.5. The molecule has 4 heteroatoms.